The molecule has 0 aliphatic carbocycles. The summed E-state index contributed by atoms with van der Waals surface area (Å²) >= 11 is 1.36. The molecular formula is C14H13N3O3S. The van der Waals surface area contributed by atoms with Gasteiger partial charge < -0.3 is 5.32 Å². The lowest BCUT2D eigenvalue weighted by Gasteiger charge is -2.11. The Kier molecular flexibility index (Phi) is 4.89. The zero-order valence-corrected chi connectivity index (χ0v) is 12.0. The first-order chi connectivity index (χ1) is 10.1. The molecule has 1 aromatic heterocycles. The average molecular weight is 303 g/mol. The van der Waals surface area contributed by atoms with Gasteiger partial charge in [0.15, 0.2) is 0 Å². The van der Waals surface area contributed by atoms with Crippen molar-refractivity contribution in [1.29, 1.82) is 0 Å². The number of anilines is 1. The fraction of sp³-hybridized carbons (Fsp3) is 0.143. The molecule has 1 atom stereocenters. The van der Waals surface area contributed by atoms with Gasteiger partial charge in [-0.25, -0.2) is 0 Å². The van der Waals surface area contributed by atoms with Crippen molar-refractivity contribution < 1.29 is 9.72 Å². The van der Waals surface area contributed by atoms with E-state index in [1.165, 1.54) is 23.9 Å². The van der Waals surface area contributed by atoms with E-state index in [9.17, 15) is 14.9 Å². The summed E-state index contributed by atoms with van der Waals surface area (Å²) in [5.41, 5.74) is 0.0849. The number of nitrogens with one attached hydrogen (secondary N) is 1. The summed E-state index contributed by atoms with van der Waals surface area (Å²) in [5, 5.41) is 13.1. The van der Waals surface area contributed by atoms with E-state index in [1.807, 2.05) is 0 Å². The number of aromatic nitrogens is 1. The van der Waals surface area contributed by atoms with Gasteiger partial charge in [0.25, 0.3) is 5.69 Å². The van der Waals surface area contributed by atoms with Crippen LogP contribution < -0.4 is 5.32 Å². The van der Waals surface area contributed by atoms with Crippen molar-refractivity contribution in [1.82, 2.24) is 4.98 Å². The van der Waals surface area contributed by atoms with E-state index in [2.05, 4.69) is 10.3 Å². The maximum Gasteiger partial charge on any atom is 0.292 e. The molecule has 0 bridgehead atoms. The Labute approximate surface area is 125 Å². The number of nitro groups is 1. The summed E-state index contributed by atoms with van der Waals surface area (Å²) in [6.45, 7) is 1.75. The Morgan fingerprint density at radius 3 is 2.62 bits per heavy atom. The van der Waals surface area contributed by atoms with Gasteiger partial charge in [0.2, 0.25) is 5.91 Å². The van der Waals surface area contributed by atoms with E-state index >= 15 is 0 Å². The minimum atomic E-state index is -0.518. The third kappa shape index (κ3) is 4.03. The fourth-order valence-corrected chi connectivity index (χ4v) is 2.50. The molecule has 0 saturated carbocycles. The van der Waals surface area contributed by atoms with Gasteiger partial charge in [-0.15, -0.1) is 11.8 Å². The molecule has 2 rings (SSSR count). The number of thioether (sulfide) groups is 1. The summed E-state index contributed by atoms with van der Waals surface area (Å²) < 4.78 is 0. The van der Waals surface area contributed by atoms with Gasteiger partial charge in [-0.2, -0.15) is 0 Å². The highest BCUT2D eigenvalue weighted by Crippen LogP contribution is 2.26. The Morgan fingerprint density at radius 2 is 1.95 bits per heavy atom. The van der Waals surface area contributed by atoms with Crippen molar-refractivity contribution in [2.45, 2.75) is 17.1 Å². The van der Waals surface area contributed by atoms with Crippen molar-refractivity contribution in [3.8, 4) is 0 Å². The third-order valence-corrected chi connectivity index (χ3v) is 3.80. The molecule has 7 heteroatoms. The van der Waals surface area contributed by atoms with Crippen molar-refractivity contribution in [3.05, 3.63) is 58.9 Å². The number of nitro benzene ring substituents is 1. The molecule has 6 nitrogen and oxygen atoms in total. The Morgan fingerprint density at radius 1 is 1.29 bits per heavy atom. The van der Waals surface area contributed by atoms with E-state index in [1.54, 1.807) is 43.6 Å². The fourth-order valence-electron chi connectivity index (χ4n) is 1.65. The van der Waals surface area contributed by atoms with E-state index in [4.69, 9.17) is 0 Å². The number of pyridine rings is 1. The molecular weight excluding hydrogens is 290 g/mol. The van der Waals surface area contributed by atoms with Gasteiger partial charge in [0, 0.05) is 23.4 Å². The zero-order chi connectivity index (χ0) is 15.2. The zero-order valence-electron chi connectivity index (χ0n) is 11.2. The van der Waals surface area contributed by atoms with Crippen LogP contribution in [-0.2, 0) is 4.79 Å². The van der Waals surface area contributed by atoms with E-state index in [-0.39, 0.29) is 22.5 Å². The summed E-state index contributed by atoms with van der Waals surface area (Å²) in [5.74, 6) is -0.286. The number of carbonyl (C=O) groups excluding carboxylic acids is 1. The van der Waals surface area contributed by atoms with E-state index in [0.29, 0.717) is 0 Å². The Balaban J connectivity index is 2.06. The number of hydrogen-bond donors (Lipinski definition) is 1. The molecule has 0 unspecified atom stereocenters. The molecule has 0 aliphatic heterocycles. The molecule has 1 heterocycles. The molecule has 0 aliphatic rings. The largest absolute Gasteiger partial charge is 0.319 e. The van der Waals surface area contributed by atoms with Gasteiger partial charge in [0.05, 0.1) is 10.2 Å². The van der Waals surface area contributed by atoms with Crippen LogP contribution in [0.2, 0.25) is 0 Å². The van der Waals surface area contributed by atoms with Gasteiger partial charge in [-0.05, 0) is 25.1 Å². The molecule has 0 saturated heterocycles. The van der Waals surface area contributed by atoms with E-state index < -0.39 is 4.92 Å². The molecule has 0 spiro atoms. The molecule has 1 N–H and O–H groups in total. The second kappa shape index (κ2) is 6.85. The maximum absolute atomic E-state index is 12.1. The molecule has 0 fully saturated rings. The predicted octanol–water partition coefficient (Wildman–Crippen LogP) is 3.11. The standard InChI is InChI=1S/C14H13N3O3S/c1-10(21-11-6-8-15-9-7-11)14(18)16-12-4-2-3-5-13(12)17(19)20/h2-10H,1H3,(H,16,18)/t10-/m1/s1. The van der Waals surface area contributed by atoms with Crippen LogP contribution in [0.1, 0.15) is 6.92 Å². The van der Waals surface area contributed by atoms with Crippen LogP contribution in [0.3, 0.4) is 0 Å². The number of carbonyl (C=O) groups is 1. The number of benzene rings is 1. The van der Waals surface area contributed by atoms with Crippen LogP contribution >= 0.6 is 11.8 Å². The lowest BCUT2D eigenvalue weighted by Crippen LogP contribution is -2.22. The number of hydrogen-bond acceptors (Lipinski definition) is 5. The summed E-state index contributed by atoms with van der Waals surface area (Å²) in [6, 6.07) is 9.68. The van der Waals surface area contributed by atoms with Gasteiger partial charge >= 0.3 is 0 Å². The number of nitrogens with zero attached hydrogens (tertiary/aromatic N) is 2. The summed E-state index contributed by atoms with van der Waals surface area (Å²) in [7, 11) is 0. The SMILES string of the molecule is C[C@@H](Sc1ccncc1)C(=O)Nc1ccccc1[N+](=O)[O-]. The van der Waals surface area contributed by atoms with Crippen LogP contribution in [-0.4, -0.2) is 21.1 Å². The molecule has 21 heavy (non-hydrogen) atoms. The van der Waals surface area contributed by atoms with Crippen LogP contribution in [0.5, 0.6) is 0 Å². The Bertz CT molecular complexity index is 649. The smallest absolute Gasteiger partial charge is 0.292 e. The highest BCUT2D eigenvalue weighted by atomic mass is 32.2. The highest BCUT2D eigenvalue weighted by Gasteiger charge is 2.19. The summed E-state index contributed by atoms with van der Waals surface area (Å²) in [6.07, 6.45) is 3.30. The van der Waals surface area contributed by atoms with Crippen LogP contribution in [0.4, 0.5) is 11.4 Å². The monoisotopic (exact) mass is 303 g/mol. The Hall–Kier alpha value is -2.41. The highest BCUT2D eigenvalue weighted by molar-refractivity contribution is 8.00. The topological polar surface area (TPSA) is 85.1 Å². The molecule has 1 amide bonds. The second-order valence-corrected chi connectivity index (χ2v) is 5.62. The first kappa shape index (κ1) is 15.0. The van der Waals surface area contributed by atoms with Crippen molar-refractivity contribution >= 4 is 29.0 Å². The summed E-state index contributed by atoms with van der Waals surface area (Å²) in [4.78, 5) is 27.3. The lowest BCUT2D eigenvalue weighted by molar-refractivity contribution is -0.383. The number of para-hydroxylation sites is 2. The first-order valence-corrected chi connectivity index (χ1v) is 7.07. The van der Waals surface area contributed by atoms with Crippen molar-refractivity contribution in [3.63, 3.8) is 0 Å². The molecule has 1 aromatic carbocycles. The number of amides is 1. The molecule has 108 valence electrons. The quantitative estimate of drug-likeness (QED) is 0.521. The third-order valence-electron chi connectivity index (χ3n) is 2.69. The van der Waals surface area contributed by atoms with Crippen LogP contribution in [0.25, 0.3) is 0 Å². The first-order valence-electron chi connectivity index (χ1n) is 6.19. The van der Waals surface area contributed by atoms with Crippen molar-refractivity contribution in [2.24, 2.45) is 0 Å². The number of rotatable bonds is 5. The second-order valence-electron chi connectivity index (χ2n) is 4.21. The van der Waals surface area contributed by atoms with Crippen LogP contribution in [0.15, 0.2) is 53.7 Å². The predicted molar refractivity (Wildman–Crippen MR) is 81.3 cm³/mol. The minimum Gasteiger partial charge on any atom is -0.319 e. The van der Waals surface area contributed by atoms with Crippen LogP contribution in [0, 0.1) is 10.1 Å². The lowest BCUT2D eigenvalue weighted by atomic mass is 10.2. The normalized spacial score (nSPS) is 11.7. The van der Waals surface area contributed by atoms with Crippen molar-refractivity contribution in [2.75, 3.05) is 5.32 Å². The molecule has 0 radical (unpaired) electrons. The molecule has 2 aromatic rings. The average Bonchev–Trinajstić information content (AvgIpc) is 2.48. The van der Waals surface area contributed by atoms with E-state index in [0.717, 1.165) is 4.90 Å². The minimum absolute atomic E-state index is 0.119. The van der Waals surface area contributed by atoms with Gasteiger partial charge in [0.1, 0.15) is 5.69 Å². The van der Waals surface area contributed by atoms with Gasteiger partial charge in [-0.1, -0.05) is 12.1 Å². The maximum atomic E-state index is 12.1. The van der Waals surface area contributed by atoms with Gasteiger partial charge in [-0.3, -0.25) is 19.9 Å².